The Morgan fingerprint density at radius 1 is 1.48 bits per heavy atom. The van der Waals surface area contributed by atoms with E-state index in [0.717, 1.165) is 37.5 Å². The number of carbonyl (C=O) groups is 1. The highest BCUT2D eigenvalue weighted by molar-refractivity contribution is 8.13. The number of hydrogen-bond donors (Lipinski definition) is 1. The lowest BCUT2D eigenvalue weighted by molar-refractivity contribution is -0.0679. The van der Waals surface area contributed by atoms with Crippen molar-refractivity contribution in [3.63, 3.8) is 0 Å². The first-order valence-corrected chi connectivity index (χ1v) is 8.66. The van der Waals surface area contributed by atoms with Crippen molar-refractivity contribution in [2.45, 2.75) is 29.8 Å². The number of rotatable bonds is 5. The van der Waals surface area contributed by atoms with Crippen molar-refractivity contribution in [3.8, 4) is 0 Å². The van der Waals surface area contributed by atoms with Crippen molar-refractivity contribution >= 4 is 25.6 Å². The summed E-state index contributed by atoms with van der Waals surface area (Å²) in [4.78, 5) is 11.7. The summed E-state index contributed by atoms with van der Waals surface area (Å²) >= 11 is 0. The van der Waals surface area contributed by atoms with Crippen LogP contribution in [-0.4, -0.2) is 33.6 Å². The van der Waals surface area contributed by atoms with Crippen molar-refractivity contribution < 1.29 is 22.3 Å². The molecule has 0 aliphatic heterocycles. The van der Waals surface area contributed by atoms with Crippen LogP contribution in [-0.2, 0) is 13.8 Å². The van der Waals surface area contributed by atoms with Gasteiger partial charge in [0.1, 0.15) is 5.82 Å². The minimum Gasteiger partial charge on any atom is -0.376 e. The van der Waals surface area contributed by atoms with Crippen molar-refractivity contribution in [2.75, 3.05) is 13.7 Å². The lowest BCUT2D eigenvalue weighted by Crippen LogP contribution is -2.49. The predicted molar refractivity (Wildman–Crippen MR) is 75.4 cm³/mol. The second-order valence-electron chi connectivity index (χ2n) is 5.00. The lowest BCUT2D eigenvalue weighted by Gasteiger charge is -2.40. The molecule has 1 aromatic rings. The van der Waals surface area contributed by atoms with Crippen LogP contribution in [0.1, 0.15) is 29.6 Å². The zero-order valence-electron chi connectivity index (χ0n) is 11.4. The molecule has 1 aliphatic rings. The van der Waals surface area contributed by atoms with Crippen LogP contribution in [0.25, 0.3) is 0 Å². The van der Waals surface area contributed by atoms with Crippen LogP contribution in [0, 0.1) is 5.82 Å². The first-order chi connectivity index (χ1) is 9.77. The van der Waals surface area contributed by atoms with Gasteiger partial charge >= 0.3 is 0 Å². The summed E-state index contributed by atoms with van der Waals surface area (Å²) in [5.74, 6) is -1.50. The highest BCUT2D eigenvalue weighted by atomic mass is 35.7. The summed E-state index contributed by atoms with van der Waals surface area (Å²) in [6, 6.07) is 2.84. The first-order valence-electron chi connectivity index (χ1n) is 6.35. The zero-order valence-corrected chi connectivity index (χ0v) is 12.9. The Morgan fingerprint density at radius 3 is 2.62 bits per heavy atom. The fourth-order valence-electron chi connectivity index (χ4n) is 2.19. The molecule has 0 radical (unpaired) electrons. The zero-order chi connectivity index (χ0) is 15.7. The van der Waals surface area contributed by atoms with E-state index in [9.17, 15) is 17.6 Å². The maximum Gasteiger partial charge on any atom is 0.261 e. The van der Waals surface area contributed by atoms with Crippen molar-refractivity contribution in [3.05, 3.63) is 29.6 Å². The number of ether oxygens (including phenoxy) is 1. The van der Waals surface area contributed by atoms with E-state index in [0.29, 0.717) is 0 Å². The van der Waals surface area contributed by atoms with Gasteiger partial charge in [-0.1, -0.05) is 0 Å². The Kier molecular flexibility index (Phi) is 4.55. The van der Waals surface area contributed by atoms with Crippen LogP contribution in [0.4, 0.5) is 4.39 Å². The molecule has 0 unspecified atom stereocenters. The van der Waals surface area contributed by atoms with Crippen LogP contribution in [0.3, 0.4) is 0 Å². The van der Waals surface area contributed by atoms with E-state index in [1.54, 1.807) is 7.11 Å². The number of halogens is 2. The second kappa shape index (κ2) is 5.90. The smallest absolute Gasteiger partial charge is 0.261 e. The van der Waals surface area contributed by atoms with E-state index < -0.39 is 26.4 Å². The summed E-state index contributed by atoms with van der Waals surface area (Å²) in [6.07, 6.45) is 2.66. The van der Waals surface area contributed by atoms with Gasteiger partial charge in [0.15, 0.2) is 0 Å². The molecule has 0 heterocycles. The van der Waals surface area contributed by atoms with Crippen LogP contribution in [0.2, 0.25) is 0 Å². The molecule has 0 bridgehead atoms. The largest absolute Gasteiger partial charge is 0.376 e. The lowest BCUT2D eigenvalue weighted by atomic mass is 9.80. The number of nitrogens with one attached hydrogen (secondary N) is 1. The minimum atomic E-state index is -4.02. The van der Waals surface area contributed by atoms with Gasteiger partial charge in [0, 0.05) is 24.3 Å². The van der Waals surface area contributed by atoms with E-state index in [-0.39, 0.29) is 17.0 Å². The Balaban J connectivity index is 2.15. The molecule has 0 atom stereocenters. The Morgan fingerprint density at radius 2 is 2.14 bits per heavy atom. The number of hydrogen-bond acceptors (Lipinski definition) is 4. The van der Waals surface area contributed by atoms with E-state index in [1.807, 2.05) is 0 Å². The molecule has 2 rings (SSSR count). The molecule has 0 aromatic heterocycles. The third-order valence-corrected chi connectivity index (χ3v) is 5.08. The Bertz CT molecular complexity index is 653. The van der Waals surface area contributed by atoms with Crippen molar-refractivity contribution in [2.24, 2.45) is 0 Å². The molecule has 1 fully saturated rings. The molecule has 1 N–H and O–H groups in total. The van der Waals surface area contributed by atoms with Gasteiger partial charge in [-0.05, 0) is 37.5 Å². The van der Waals surface area contributed by atoms with Crippen molar-refractivity contribution in [1.29, 1.82) is 0 Å². The first kappa shape index (κ1) is 16.2. The average molecular weight is 336 g/mol. The van der Waals surface area contributed by atoms with Gasteiger partial charge < -0.3 is 10.1 Å². The fourth-order valence-corrected chi connectivity index (χ4v) is 2.97. The van der Waals surface area contributed by atoms with E-state index in [4.69, 9.17) is 15.4 Å². The number of benzene rings is 1. The maximum atomic E-state index is 13.7. The van der Waals surface area contributed by atoms with Gasteiger partial charge in [0.2, 0.25) is 0 Å². The van der Waals surface area contributed by atoms with E-state index >= 15 is 0 Å². The van der Waals surface area contributed by atoms with Gasteiger partial charge in [0.25, 0.3) is 15.0 Å². The highest BCUT2D eigenvalue weighted by Gasteiger charge is 2.37. The molecular formula is C13H15ClFNO4S. The van der Waals surface area contributed by atoms with Crippen LogP contribution in [0.15, 0.2) is 23.1 Å². The van der Waals surface area contributed by atoms with Gasteiger partial charge in [-0.25, -0.2) is 12.8 Å². The summed E-state index contributed by atoms with van der Waals surface area (Å²) in [5.41, 5.74) is -0.759. The van der Waals surface area contributed by atoms with Crippen LogP contribution < -0.4 is 5.32 Å². The quantitative estimate of drug-likeness (QED) is 0.836. The minimum absolute atomic E-state index is 0.250. The van der Waals surface area contributed by atoms with Crippen LogP contribution >= 0.6 is 10.7 Å². The Hall–Kier alpha value is -1.18. The number of methoxy groups -OCH3 is 1. The average Bonchev–Trinajstić information content (AvgIpc) is 2.36. The second-order valence-corrected chi connectivity index (χ2v) is 7.57. The molecule has 21 heavy (non-hydrogen) atoms. The monoisotopic (exact) mass is 335 g/mol. The normalized spacial score (nSPS) is 17.1. The van der Waals surface area contributed by atoms with Gasteiger partial charge in [-0.15, -0.1) is 0 Å². The molecule has 116 valence electrons. The topological polar surface area (TPSA) is 72.5 Å². The van der Waals surface area contributed by atoms with Crippen LogP contribution in [0.5, 0.6) is 0 Å². The number of carbonyl (C=O) groups excluding carboxylic acids is 1. The van der Waals surface area contributed by atoms with Crippen molar-refractivity contribution in [1.82, 2.24) is 5.32 Å². The summed E-state index contributed by atoms with van der Waals surface area (Å²) in [6.45, 7) is 0.250. The van der Waals surface area contributed by atoms with Gasteiger partial charge in [-0.2, -0.15) is 0 Å². The molecule has 0 saturated heterocycles. The third kappa shape index (κ3) is 3.53. The molecule has 1 aromatic carbocycles. The molecule has 0 spiro atoms. The SMILES string of the molecule is COC1(CNC(=O)c2cc(S(=O)(=O)Cl)ccc2F)CCC1. The fraction of sp³-hybridized carbons (Fsp3) is 0.462. The number of amides is 1. The standard InChI is InChI=1S/C13H15ClFNO4S/c1-20-13(5-2-6-13)8-16-12(17)10-7-9(21(14,18)19)3-4-11(10)15/h3-4,7H,2,5-6,8H2,1H3,(H,16,17). The van der Waals surface area contributed by atoms with Gasteiger partial charge in [0.05, 0.1) is 16.1 Å². The summed E-state index contributed by atoms with van der Waals surface area (Å²) in [5, 5.41) is 2.57. The molecule has 8 heteroatoms. The Labute approximate surface area is 126 Å². The molecular weight excluding hydrogens is 321 g/mol. The third-order valence-electron chi connectivity index (χ3n) is 3.73. The summed E-state index contributed by atoms with van der Waals surface area (Å²) in [7, 11) is 2.74. The molecule has 1 aliphatic carbocycles. The molecule has 1 saturated carbocycles. The molecule has 5 nitrogen and oxygen atoms in total. The highest BCUT2D eigenvalue weighted by Crippen LogP contribution is 2.34. The van der Waals surface area contributed by atoms with Gasteiger partial charge in [-0.3, -0.25) is 4.79 Å². The molecule has 1 amide bonds. The predicted octanol–water partition coefficient (Wildman–Crippen LogP) is 2.05. The van der Waals surface area contributed by atoms with E-state index in [1.165, 1.54) is 0 Å². The maximum absolute atomic E-state index is 13.7. The van der Waals surface area contributed by atoms with E-state index in [2.05, 4.69) is 5.32 Å². The summed E-state index contributed by atoms with van der Waals surface area (Å²) < 4.78 is 41.5.